The van der Waals surface area contributed by atoms with E-state index in [1.807, 2.05) is 0 Å². The molecular weight excluding hydrogens is 366 g/mol. The number of nitrogens with zero attached hydrogens (tertiary/aromatic N) is 2. The monoisotopic (exact) mass is 387 g/mol. The van der Waals surface area contributed by atoms with Gasteiger partial charge in [-0.15, -0.1) is 0 Å². The molecule has 0 aliphatic heterocycles. The topological polar surface area (TPSA) is 101 Å². The summed E-state index contributed by atoms with van der Waals surface area (Å²) in [5, 5.41) is 12.7. The van der Waals surface area contributed by atoms with Crippen LogP contribution in [0.5, 0.6) is 5.88 Å². The molecule has 27 heavy (non-hydrogen) atoms. The first-order valence-corrected chi connectivity index (χ1v) is 9.79. The zero-order valence-corrected chi connectivity index (χ0v) is 15.8. The quantitative estimate of drug-likeness (QED) is 0.449. The van der Waals surface area contributed by atoms with Crippen LogP contribution in [-0.2, 0) is 4.79 Å². The fraction of sp³-hybridized carbons (Fsp3) is 0.368. The van der Waals surface area contributed by atoms with Crippen molar-refractivity contribution in [3.63, 3.8) is 0 Å². The molecule has 0 unspecified atom stereocenters. The minimum atomic E-state index is -0.330. The SMILES string of the molecule is CC(=O)Nc1ccc(C(=O)CSc2nc(O)cc(=O)n2C2CCCC2)cc1. The van der Waals surface area contributed by atoms with Crippen LogP contribution in [0.25, 0.3) is 0 Å². The molecule has 7 nitrogen and oxygen atoms in total. The highest BCUT2D eigenvalue weighted by molar-refractivity contribution is 7.99. The number of ketones is 1. The lowest BCUT2D eigenvalue weighted by molar-refractivity contribution is -0.114. The minimum Gasteiger partial charge on any atom is -0.493 e. The molecule has 2 aromatic rings. The highest BCUT2D eigenvalue weighted by Gasteiger charge is 2.22. The summed E-state index contributed by atoms with van der Waals surface area (Å²) in [4.78, 5) is 39.9. The maximum atomic E-state index is 12.5. The Morgan fingerprint density at radius 3 is 2.56 bits per heavy atom. The minimum absolute atomic E-state index is 0.0696. The van der Waals surface area contributed by atoms with Gasteiger partial charge in [0.05, 0.1) is 11.8 Å². The summed E-state index contributed by atoms with van der Waals surface area (Å²) in [6.07, 6.45) is 3.92. The molecule has 1 aromatic carbocycles. The molecule has 1 aromatic heterocycles. The Morgan fingerprint density at radius 2 is 1.93 bits per heavy atom. The molecule has 2 N–H and O–H groups in total. The Bertz CT molecular complexity index is 902. The molecular formula is C19H21N3O4S. The number of anilines is 1. The number of benzene rings is 1. The van der Waals surface area contributed by atoms with E-state index in [2.05, 4.69) is 10.3 Å². The van der Waals surface area contributed by atoms with Crippen LogP contribution in [0.2, 0.25) is 0 Å². The summed E-state index contributed by atoms with van der Waals surface area (Å²) in [5.41, 5.74) is 0.840. The Hall–Kier alpha value is -2.61. The number of aromatic nitrogens is 2. The number of thioether (sulfide) groups is 1. The number of aromatic hydroxyl groups is 1. The second-order valence-electron chi connectivity index (χ2n) is 6.51. The number of carbonyl (C=O) groups is 2. The van der Waals surface area contributed by atoms with Gasteiger partial charge in [0, 0.05) is 24.2 Å². The maximum Gasteiger partial charge on any atom is 0.258 e. The van der Waals surface area contributed by atoms with E-state index in [9.17, 15) is 19.5 Å². The predicted octanol–water partition coefficient (Wildman–Crippen LogP) is 3.00. The maximum absolute atomic E-state index is 12.5. The highest BCUT2D eigenvalue weighted by atomic mass is 32.2. The lowest BCUT2D eigenvalue weighted by Gasteiger charge is -2.17. The third-order valence-electron chi connectivity index (χ3n) is 4.46. The molecule has 0 saturated heterocycles. The number of amides is 1. The van der Waals surface area contributed by atoms with Crippen LogP contribution in [0.1, 0.15) is 49.0 Å². The Balaban J connectivity index is 1.73. The van der Waals surface area contributed by atoms with Crippen molar-refractivity contribution in [1.82, 2.24) is 9.55 Å². The van der Waals surface area contributed by atoms with Crippen LogP contribution in [0, 0.1) is 0 Å². The van der Waals surface area contributed by atoms with E-state index in [-0.39, 0.29) is 34.9 Å². The van der Waals surface area contributed by atoms with Gasteiger partial charge in [-0.25, -0.2) is 0 Å². The molecule has 0 spiro atoms. The fourth-order valence-electron chi connectivity index (χ4n) is 3.21. The Morgan fingerprint density at radius 1 is 1.26 bits per heavy atom. The zero-order chi connectivity index (χ0) is 19.4. The van der Waals surface area contributed by atoms with Crippen molar-refractivity contribution in [3.05, 3.63) is 46.2 Å². The number of hydrogen-bond donors (Lipinski definition) is 2. The van der Waals surface area contributed by atoms with Gasteiger partial charge in [0.25, 0.3) is 5.56 Å². The first-order valence-electron chi connectivity index (χ1n) is 8.80. The summed E-state index contributed by atoms with van der Waals surface area (Å²) in [6.45, 7) is 1.42. The fourth-order valence-corrected chi connectivity index (χ4v) is 4.18. The third-order valence-corrected chi connectivity index (χ3v) is 5.41. The van der Waals surface area contributed by atoms with E-state index in [1.165, 1.54) is 6.92 Å². The van der Waals surface area contributed by atoms with Crippen molar-refractivity contribution in [1.29, 1.82) is 0 Å². The van der Waals surface area contributed by atoms with Crippen molar-refractivity contribution >= 4 is 29.1 Å². The number of carbonyl (C=O) groups excluding carboxylic acids is 2. The number of hydrogen-bond acceptors (Lipinski definition) is 6. The van der Waals surface area contributed by atoms with Crippen molar-refractivity contribution in [2.45, 2.75) is 43.8 Å². The lowest BCUT2D eigenvalue weighted by atomic mass is 10.1. The van der Waals surface area contributed by atoms with Crippen molar-refractivity contribution in [2.24, 2.45) is 0 Å². The summed E-state index contributed by atoms with van der Waals surface area (Å²) >= 11 is 1.15. The van der Waals surface area contributed by atoms with Gasteiger partial charge in [0.1, 0.15) is 0 Å². The summed E-state index contributed by atoms with van der Waals surface area (Å²) in [7, 11) is 0. The van der Waals surface area contributed by atoms with Crippen molar-refractivity contribution in [3.8, 4) is 5.88 Å². The third kappa shape index (κ3) is 4.77. The molecule has 1 aliphatic rings. The summed E-state index contributed by atoms with van der Waals surface area (Å²) in [6, 6.07) is 7.81. The lowest BCUT2D eigenvalue weighted by Crippen LogP contribution is -2.25. The standard InChI is InChI=1S/C19H21N3O4S/c1-12(23)20-14-8-6-13(7-9-14)16(24)11-27-19-21-17(25)10-18(26)22(19)15-4-2-3-5-15/h6-10,15,25H,2-5,11H2,1H3,(H,20,23). The first-order chi connectivity index (χ1) is 12.9. The van der Waals surface area contributed by atoms with Crippen molar-refractivity contribution in [2.75, 3.05) is 11.1 Å². The van der Waals surface area contributed by atoms with Gasteiger partial charge < -0.3 is 10.4 Å². The smallest absolute Gasteiger partial charge is 0.258 e. The Kier molecular flexibility index (Phi) is 5.95. The molecule has 0 atom stereocenters. The second-order valence-corrected chi connectivity index (χ2v) is 7.46. The average molecular weight is 387 g/mol. The van der Waals surface area contributed by atoms with E-state index < -0.39 is 0 Å². The van der Waals surface area contributed by atoms with E-state index in [1.54, 1.807) is 28.8 Å². The number of rotatable bonds is 6. The molecule has 8 heteroatoms. The van der Waals surface area contributed by atoms with E-state index in [4.69, 9.17) is 0 Å². The molecule has 0 radical (unpaired) electrons. The summed E-state index contributed by atoms with van der Waals surface area (Å²) < 4.78 is 1.60. The van der Waals surface area contributed by atoms with E-state index >= 15 is 0 Å². The van der Waals surface area contributed by atoms with Gasteiger partial charge in [-0.05, 0) is 37.1 Å². The van der Waals surface area contributed by atoms with Gasteiger partial charge in [-0.2, -0.15) is 4.98 Å². The zero-order valence-electron chi connectivity index (χ0n) is 15.0. The molecule has 0 bridgehead atoms. The Labute approximate surface area is 160 Å². The average Bonchev–Trinajstić information content (AvgIpc) is 3.13. The largest absolute Gasteiger partial charge is 0.493 e. The molecule has 3 rings (SSSR count). The molecule has 1 saturated carbocycles. The number of Topliss-reactive ketones (excluding diaryl/α,β-unsaturated/α-hetero) is 1. The summed E-state index contributed by atoms with van der Waals surface area (Å²) in [5.74, 6) is -0.527. The van der Waals surface area contributed by atoms with Crippen LogP contribution < -0.4 is 10.9 Å². The second kappa shape index (κ2) is 8.39. The van der Waals surface area contributed by atoms with Crippen LogP contribution in [0.3, 0.4) is 0 Å². The van der Waals surface area contributed by atoms with Gasteiger partial charge in [-0.1, -0.05) is 24.6 Å². The van der Waals surface area contributed by atoms with Gasteiger partial charge in [0.2, 0.25) is 11.8 Å². The molecule has 1 aliphatic carbocycles. The van der Waals surface area contributed by atoms with Crippen molar-refractivity contribution < 1.29 is 14.7 Å². The first kappa shape index (κ1) is 19.2. The van der Waals surface area contributed by atoms with E-state index in [0.29, 0.717) is 16.4 Å². The molecule has 1 heterocycles. The van der Waals surface area contributed by atoms with Gasteiger partial charge in [0.15, 0.2) is 10.9 Å². The van der Waals surface area contributed by atoms with Gasteiger partial charge >= 0.3 is 0 Å². The van der Waals surface area contributed by atoms with Gasteiger partial charge in [-0.3, -0.25) is 19.0 Å². The molecule has 142 valence electrons. The van der Waals surface area contributed by atoms with Crippen LogP contribution >= 0.6 is 11.8 Å². The number of nitrogens with one attached hydrogen (secondary N) is 1. The predicted molar refractivity (Wildman–Crippen MR) is 103 cm³/mol. The van der Waals surface area contributed by atoms with E-state index in [0.717, 1.165) is 43.5 Å². The molecule has 1 amide bonds. The normalized spacial score (nSPS) is 14.3. The molecule has 1 fully saturated rings. The highest BCUT2D eigenvalue weighted by Crippen LogP contribution is 2.32. The van der Waals surface area contributed by atoms with Crippen LogP contribution in [-0.4, -0.2) is 32.1 Å². The van der Waals surface area contributed by atoms with Crippen LogP contribution in [0.4, 0.5) is 5.69 Å². The van der Waals surface area contributed by atoms with Crippen LogP contribution in [0.15, 0.2) is 40.3 Å².